The van der Waals surface area contributed by atoms with E-state index in [1.54, 1.807) is 0 Å². The van der Waals surface area contributed by atoms with E-state index in [0.717, 1.165) is 0 Å². The number of carbonyl (C=O) groups excluding carboxylic acids is 1. The smallest absolute Gasteiger partial charge is 0.323 e. The maximum absolute atomic E-state index is 11.9. The van der Waals surface area contributed by atoms with Crippen molar-refractivity contribution in [2.75, 3.05) is 7.05 Å². The Morgan fingerprint density at radius 2 is 1.53 bits per heavy atom. The Morgan fingerprint density at radius 3 is 1.80 bits per heavy atom. The fraction of sp³-hybridized carbons (Fsp3) is 0.917. The topological polar surface area (TPSA) is 29.5 Å². The minimum absolute atomic E-state index is 0.0423. The highest BCUT2D eigenvalue weighted by Crippen LogP contribution is 2.14. The summed E-state index contributed by atoms with van der Waals surface area (Å²) in [7, 11) is 1.97. The van der Waals surface area contributed by atoms with Gasteiger partial charge in [-0.15, -0.1) is 0 Å². The normalized spacial score (nSPS) is 14.1. The van der Waals surface area contributed by atoms with Crippen molar-refractivity contribution < 1.29 is 9.53 Å². The van der Waals surface area contributed by atoms with Crippen LogP contribution in [0.15, 0.2) is 0 Å². The number of hydrogen-bond acceptors (Lipinski definition) is 3. The number of esters is 1. The summed E-state index contributed by atoms with van der Waals surface area (Å²) in [6.45, 7) is 12.0. The van der Waals surface area contributed by atoms with Gasteiger partial charge in [0.1, 0.15) is 6.04 Å². The lowest BCUT2D eigenvalue weighted by Gasteiger charge is -2.32. The lowest BCUT2D eigenvalue weighted by Crippen LogP contribution is -2.47. The van der Waals surface area contributed by atoms with Gasteiger partial charge < -0.3 is 4.74 Å². The van der Waals surface area contributed by atoms with Gasteiger partial charge in [0.25, 0.3) is 0 Å². The van der Waals surface area contributed by atoms with Gasteiger partial charge in [-0.1, -0.05) is 13.8 Å². The van der Waals surface area contributed by atoms with Gasteiger partial charge in [0.05, 0.1) is 6.10 Å². The summed E-state index contributed by atoms with van der Waals surface area (Å²) in [6.07, 6.45) is -0.0423. The Labute approximate surface area is 93.8 Å². The first kappa shape index (κ1) is 14.4. The summed E-state index contributed by atoms with van der Waals surface area (Å²) in [5, 5.41) is 0. The highest BCUT2D eigenvalue weighted by Gasteiger charge is 2.29. The van der Waals surface area contributed by atoms with Gasteiger partial charge in [-0.3, -0.25) is 9.69 Å². The molecule has 0 aliphatic carbocycles. The summed E-state index contributed by atoms with van der Waals surface area (Å²) in [6, 6.07) is 0.199. The second kappa shape index (κ2) is 6.11. The van der Waals surface area contributed by atoms with Crippen LogP contribution in [0.1, 0.15) is 41.5 Å². The van der Waals surface area contributed by atoms with E-state index in [2.05, 4.69) is 18.7 Å². The molecule has 0 saturated heterocycles. The molecule has 0 bridgehead atoms. The monoisotopic (exact) mass is 215 g/mol. The predicted octanol–water partition coefficient (Wildman–Crippen LogP) is 2.30. The molecule has 0 aromatic carbocycles. The molecule has 3 nitrogen and oxygen atoms in total. The van der Waals surface area contributed by atoms with Crippen LogP contribution in [0.2, 0.25) is 0 Å². The van der Waals surface area contributed by atoms with Crippen molar-refractivity contribution in [3.05, 3.63) is 0 Å². The van der Waals surface area contributed by atoms with Crippen molar-refractivity contribution in [3.63, 3.8) is 0 Å². The third-order valence-corrected chi connectivity index (χ3v) is 2.48. The van der Waals surface area contributed by atoms with Crippen LogP contribution in [0.5, 0.6) is 0 Å². The third-order valence-electron chi connectivity index (χ3n) is 2.48. The Bertz CT molecular complexity index is 200. The maximum Gasteiger partial charge on any atom is 0.323 e. The third kappa shape index (κ3) is 4.65. The minimum Gasteiger partial charge on any atom is -0.462 e. The molecule has 0 spiro atoms. The molecule has 15 heavy (non-hydrogen) atoms. The van der Waals surface area contributed by atoms with Gasteiger partial charge in [0, 0.05) is 6.04 Å². The number of hydrogen-bond donors (Lipinski definition) is 0. The van der Waals surface area contributed by atoms with E-state index in [-0.39, 0.29) is 24.0 Å². The molecule has 0 radical (unpaired) electrons. The van der Waals surface area contributed by atoms with Crippen molar-refractivity contribution in [1.29, 1.82) is 0 Å². The lowest BCUT2D eigenvalue weighted by molar-refractivity contribution is -0.155. The van der Waals surface area contributed by atoms with Crippen molar-refractivity contribution in [2.45, 2.75) is 59.7 Å². The summed E-state index contributed by atoms with van der Waals surface area (Å²) >= 11 is 0. The zero-order valence-electron chi connectivity index (χ0n) is 11.1. The van der Waals surface area contributed by atoms with Crippen molar-refractivity contribution in [2.24, 2.45) is 5.92 Å². The zero-order chi connectivity index (χ0) is 12.2. The first-order chi connectivity index (χ1) is 6.77. The summed E-state index contributed by atoms with van der Waals surface area (Å²) in [5.41, 5.74) is 0. The molecule has 0 aliphatic rings. The van der Waals surface area contributed by atoms with Gasteiger partial charge in [0.2, 0.25) is 0 Å². The molecule has 0 amide bonds. The second-order valence-corrected chi connectivity index (χ2v) is 4.93. The molecule has 3 heteroatoms. The average molecular weight is 215 g/mol. The van der Waals surface area contributed by atoms with Gasteiger partial charge in [-0.2, -0.15) is 0 Å². The Hall–Kier alpha value is -0.570. The SMILES string of the molecule is CC(C)OC(=O)C(C(C)C)N(C)C(C)C. The Balaban J connectivity index is 4.59. The molecule has 0 aliphatic heterocycles. The van der Waals surface area contributed by atoms with Crippen molar-refractivity contribution >= 4 is 5.97 Å². The standard InChI is InChI=1S/C12H25NO2/c1-8(2)11(13(7)9(3)4)12(14)15-10(5)6/h8-11H,1-7H3. The van der Waals surface area contributed by atoms with Crippen molar-refractivity contribution in [1.82, 2.24) is 4.90 Å². The highest BCUT2D eigenvalue weighted by molar-refractivity contribution is 5.76. The van der Waals surface area contributed by atoms with Crippen LogP contribution in [0.25, 0.3) is 0 Å². The number of nitrogens with zero attached hydrogens (tertiary/aromatic N) is 1. The van der Waals surface area contributed by atoms with Crippen LogP contribution in [0, 0.1) is 5.92 Å². The largest absolute Gasteiger partial charge is 0.462 e. The van der Waals surface area contributed by atoms with Gasteiger partial charge >= 0.3 is 5.97 Å². The number of rotatable bonds is 5. The van der Waals surface area contributed by atoms with Gasteiger partial charge in [-0.05, 0) is 40.7 Å². The molecule has 0 aromatic heterocycles. The van der Waals surface area contributed by atoms with E-state index in [9.17, 15) is 4.79 Å². The highest BCUT2D eigenvalue weighted by atomic mass is 16.5. The van der Waals surface area contributed by atoms with E-state index in [1.807, 2.05) is 34.7 Å². The zero-order valence-corrected chi connectivity index (χ0v) is 11.1. The summed E-state index contributed by atoms with van der Waals surface area (Å²) in [4.78, 5) is 13.9. The molecule has 0 fully saturated rings. The molecule has 1 atom stereocenters. The maximum atomic E-state index is 11.9. The first-order valence-corrected chi connectivity index (χ1v) is 5.69. The molecule has 0 aromatic rings. The lowest BCUT2D eigenvalue weighted by atomic mass is 10.0. The minimum atomic E-state index is -0.146. The Kier molecular flexibility index (Phi) is 5.88. The van der Waals surface area contributed by atoms with E-state index in [4.69, 9.17) is 4.74 Å². The van der Waals surface area contributed by atoms with Gasteiger partial charge in [-0.25, -0.2) is 0 Å². The molecule has 90 valence electrons. The molecule has 0 heterocycles. The fourth-order valence-corrected chi connectivity index (χ4v) is 1.53. The quantitative estimate of drug-likeness (QED) is 0.659. The number of ether oxygens (including phenoxy) is 1. The van der Waals surface area contributed by atoms with Crippen LogP contribution in [0.4, 0.5) is 0 Å². The van der Waals surface area contributed by atoms with Crippen LogP contribution < -0.4 is 0 Å². The second-order valence-electron chi connectivity index (χ2n) is 4.93. The number of likely N-dealkylation sites (N-methyl/N-ethyl adjacent to an activating group) is 1. The van der Waals surface area contributed by atoms with Crippen LogP contribution >= 0.6 is 0 Å². The molecule has 1 unspecified atom stereocenters. The summed E-state index contributed by atoms with van der Waals surface area (Å²) < 4.78 is 5.26. The average Bonchev–Trinajstić information content (AvgIpc) is 2.01. The van der Waals surface area contributed by atoms with E-state index < -0.39 is 0 Å². The molecule has 0 saturated carbocycles. The van der Waals surface area contributed by atoms with E-state index in [0.29, 0.717) is 6.04 Å². The molecule has 0 N–H and O–H groups in total. The van der Waals surface area contributed by atoms with Crippen LogP contribution in [0.3, 0.4) is 0 Å². The van der Waals surface area contributed by atoms with E-state index >= 15 is 0 Å². The Morgan fingerprint density at radius 1 is 1.07 bits per heavy atom. The van der Waals surface area contributed by atoms with Crippen molar-refractivity contribution in [3.8, 4) is 0 Å². The fourth-order valence-electron chi connectivity index (χ4n) is 1.53. The van der Waals surface area contributed by atoms with Crippen LogP contribution in [-0.2, 0) is 9.53 Å². The van der Waals surface area contributed by atoms with Crippen LogP contribution in [-0.4, -0.2) is 36.1 Å². The molecular formula is C12H25NO2. The molecule has 0 rings (SSSR count). The molecular weight excluding hydrogens is 190 g/mol. The number of carbonyl (C=O) groups is 1. The van der Waals surface area contributed by atoms with Gasteiger partial charge in [0.15, 0.2) is 0 Å². The first-order valence-electron chi connectivity index (χ1n) is 5.69. The predicted molar refractivity (Wildman–Crippen MR) is 62.8 cm³/mol. The summed E-state index contributed by atoms with van der Waals surface area (Å²) in [5.74, 6) is 0.153. The van der Waals surface area contributed by atoms with E-state index in [1.165, 1.54) is 0 Å².